The lowest BCUT2D eigenvalue weighted by molar-refractivity contribution is -0.144. The first-order valence-corrected chi connectivity index (χ1v) is 7.01. The van der Waals surface area contributed by atoms with Crippen LogP contribution in [0.4, 0.5) is 24.7 Å². The van der Waals surface area contributed by atoms with Gasteiger partial charge in [-0.2, -0.15) is 13.2 Å². The predicted octanol–water partition coefficient (Wildman–Crippen LogP) is 4.61. The van der Waals surface area contributed by atoms with Gasteiger partial charge in [0.05, 0.1) is 0 Å². The van der Waals surface area contributed by atoms with Crippen molar-refractivity contribution in [2.24, 2.45) is 0 Å². The average Bonchev–Trinajstić information content (AvgIpc) is 2.37. The van der Waals surface area contributed by atoms with Crippen molar-refractivity contribution in [2.45, 2.75) is 11.1 Å². The number of benzene rings is 1. The molecule has 0 bridgehead atoms. The highest BCUT2D eigenvalue weighted by Crippen LogP contribution is 2.29. The number of rotatable bonds is 3. The third kappa shape index (κ3) is 3.77. The first-order valence-electron chi connectivity index (χ1n) is 5.41. The monoisotopic (exact) mass is 319 g/mol. The molecule has 8 heteroatoms. The molecule has 0 saturated carbocycles. The molecule has 20 heavy (non-hydrogen) atoms. The molecule has 2 rings (SSSR count). The summed E-state index contributed by atoms with van der Waals surface area (Å²) in [6.07, 6.45) is -2.73. The Morgan fingerprint density at radius 2 is 1.95 bits per heavy atom. The fourth-order valence-corrected chi connectivity index (χ4v) is 2.10. The fraction of sp³-hybridized carbons (Fsp3) is 0.167. The molecule has 1 heterocycles. The van der Waals surface area contributed by atoms with E-state index < -0.39 is 12.0 Å². The van der Waals surface area contributed by atoms with E-state index in [4.69, 9.17) is 11.6 Å². The highest BCUT2D eigenvalue weighted by Gasteiger charge is 2.35. The molecular formula is C12H9ClF3N3S. The molecule has 0 spiro atoms. The van der Waals surface area contributed by atoms with Crippen molar-refractivity contribution in [3.05, 3.63) is 41.3 Å². The first kappa shape index (κ1) is 14.9. The maximum Gasteiger partial charge on any atom is 0.451 e. The summed E-state index contributed by atoms with van der Waals surface area (Å²) >= 11 is 7.11. The van der Waals surface area contributed by atoms with E-state index in [-0.39, 0.29) is 11.0 Å². The Labute approximate surface area is 122 Å². The van der Waals surface area contributed by atoms with Crippen molar-refractivity contribution in [1.82, 2.24) is 9.97 Å². The van der Waals surface area contributed by atoms with E-state index in [0.29, 0.717) is 5.69 Å². The van der Waals surface area contributed by atoms with Crippen molar-refractivity contribution in [2.75, 3.05) is 11.6 Å². The van der Waals surface area contributed by atoms with Gasteiger partial charge in [0.15, 0.2) is 0 Å². The number of aromatic nitrogens is 2. The van der Waals surface area contributed by atoms with Crippen molar-refractivity contribution in [1.29, 1.82) is 0 Å². The van der Waals surface area contributed by atoms with Gasteiger partial charge >= 0.3 is 6.18 Å². The molecule has 0 amide bonds. The summed E-state index contributed by atoms with van der Waals surface area (Å²) in [5, 5.41) is 2.52. The standard InChI is InChI=1S/C12H9ClF3N3S/c1-20-8-4-2-3-7(5-8)17-10-6-9(13)18-11(19-10)12(14,15)16/h2-6H,1H3,(H,17,18,19). The van der Waals surface area contributed by atoms with Gasteiger partial charge < -0.3 is 5.32 Å². The van der Waals surface area contributed by atoms with Crippen molar-refractivity contribution in [3.8, 4) is 0 Å². The second kappa shape index (κ2) is 5.88. The topological polar surface area (TPSA) is 37.8 Å². The predicted molar refractivity (Wildman–Crippen MR) is 73.5 cm³/mol. The van der Waals surface area contributed by atoms with Crippen LogP contribution in [0.5, 0.6) is 0 Å². The average molecular weight is 320 g/mol. The highest BCUT2D eigenvalue weighted by molar-refractivity contribution is 7.98. The molecule has 1 aromatic heterocycles. The number of hydrogen-bond donors (Lipinski definition) is 1. The molecule has 0 aliphatic rings. The molecule has 0 aliphatic carbocycles. The molecule has 0 aliphatic heterocycles. The van der Waals surface area contributed by atoms with Crippen LogP contribution in [0.15, 0.2) is 35.2 Å². The van der Waals surface area contributed by atoms with E-state index >= 15 is 0 Å². The Bertz CT molecular complexity index is 619. The second-order valence-electron chi connectivity index (χ2n) is 3.75. The first-order chi connectivity index (χ1) is 9.38. The van der Waals surface area contributed by atoms with E-state index in [1.54, 1.807) is 18.2 Å². The molecule has 0 unspecified atom stereocenters. The Morgan fingerprint density at radius 3 is 2.60 bits per heavy atom. The van der Waals surface area contributed by atoms with Crippen LogP contribution in [0.1, 0.15) is 5.82 Å². The molecule has 3 nitrogen and oxygen atoms in total. The molecule has 106 valence electrons. The maximum atomic E-state index is 12.6. The zero-order chi connectivity index (χ0) is 14.8. The van der Waals surface area contributed by atoms with Crippen LogP contribution >= 0.6 is 23.4 Å². The van der Waals surface area contributed by atoms with Crippen LogP contribution in [-0.2, 0) is 6.18 Å². The van der Waals surface area contributed by atoms with E-state index in [1.165, 1.54) is 17.8 Å². The summed E-state index contributed by atoms with van der Waals surface area (Å²) < 4.78 is 37.8. The maximum absolute atomic E-state index is 12.6. The van der Waals surface area contributed by atoms with Gasteiger partial charge in [0, 0.05) is 16.6 Å². The summed E-state index contributed by atoms with van der Waals surface area (Å²) in [5.74, 6) is -1.27. The van der Waals surface area contributed by atoms with Gasteiger partial charge in [0.2, 0.25) is 5.82 Å². The largest absolute Gasteiger partial charge is 0.451 e. The van der Waals surface area contributed by atoms with Gasteiger partial charge in [-0.25, -0.2) is 9.97 Å². The van der Waals surface area contributed by atoms with Gasteiger partial charge in [0.25, 0.3) is 0 Å². The minimum atomic E-state index is -4.64. The summed E-state index contributed by atoms with van der Waals surface area (Å²) in [4.78, 5) is 7.56. The number of nitrogens with one attached hydrogen (secondary N) is 1. The number of alkyl halides is 3. The second-order valence-corrected chi connectivity index (χ2v) is 5.02. The summed E-state index contributed by atoms with van der Waals surface area (Å²) in [7, 11) is 0. The SMILES string of the molecule is CSc1cccc(Nc2cc(Cl)nc(C(F)(F)F)n2)c1. The number of hydrogen-bond acceptors (Lipinski definition) is 4. The number of nitrogens with zero attached hydrogens (tertiary/aromatic N) is 2. The van der Waals surface area contributed by atoms with E-state index in [9.17, 15) is 13.2 Å². The third-order valence-corrected chi connectivity index (χ3v) is 3.21. The van der Waals surface area contributed by atoms with Crippen molar-refractivity contribution >= 4 is 34.9 Å². The normalized spacial score (nSPS) is 11.4. The zero-order valence-electron chi connectivity index (χ0n) is 10.2. The molecule has 0 atom stereocenters. The lowest BCUT2D eigenvalue weighted by Crippen LogP contribution is -2.12. The summed E-state index contributed by atoms with van der Waals surface area (Å²) in [6, 6.07) is 8.45. The molecule has 2 aromatic rings. The minimum Gasteiger partial charge on any atom is -0.340 e. The number of anilines is 2. The lowest BCUT2D eigenvalue weighted by Gasteiger charge is -2.10. The molecule has 1 aromatic carbocycles. The Morgan fingerprint density at radius 1 is 1.20 bits per heavy atom. The third-order valence-electron chi connectivity index (χ3n) is 2.29. The molecule has 1 N–H and O–H groups in total. The van der Waals surface area contributed by atoms with Crippen LogP contribution < -0.4 is 5.32 Å². The number of thioether (sulfide) groups is 1. The van der Waals surface area contributed by atoms with Crippen molar-refractivity contribution < 1.29 is 13.2 Å². The fourth-order valence-electron chi connectivity index (χ4n) is 1.46. The molecule has 0 fully saturated rings. The Kier molecular flexibility index (Phi) is 4.39. The van der Waals surface area contributed by atoms with Crippen LogP contribution in [0.25, 0.3) is 0 Å². The van der Waals surface area contributed by atoms with Gasteiger partial charge in [0.1, 0.15) is 11.0 Å². The summed E-state index contributed by atoms with van der Waals surface area (Å²) in [6.45, 7) is 0. The molecular weight excluding hydrogens is 311 g/mol. The van der Waals surface area contributed by atoms with Crippen LogP contribution in [0.3, 0.4) is 0 Å². The lowest BCUT2D eigenvalue weighted by atomic mass is 10.3. The Balaban J connectivity index is 2.31. The number of halogens is 4. The van der Waals surface area contributed by atoms with E-state index in [2.05, 4.69) is 15.3 Å². The minimum absolute atomic E-state index is 0.00409. The van der Waals surface area contributed by atoms with E-state index in [1.807, 2.05) is 12.3 Å². The van der Waals surface area contributed by atoms with E-state index in [0.717, 1.165) is 4.90 Å². The summed E-state index contributed by atoms with van der Waals surface area (Å²) in [5.41, 5.74) is 0.625. The smallest absolute Gasteiger partial charge is 0.340 e. The van der Waals surface area contributed by atoms with Crippen LogP contribution in [0, 0.1) is 0 Å². The van der Waals surface area contributed by atoms with Crippen LogP contribution in [-0.4, -0.2) is 16.2 Å². The molecule has 0 saturated heterocycles. The van der Waals surface area contributed by atoms with Crippen molar-refractivity contribution in [3.63, 3.8) is 0 Å². The van der Waals surface area contributed by atoms with Crippen LogP contribution in [0.2, 0.25) is 5.15 Å². The Hall–Kier alpha value is -1.47. The van der Waals surface area contributed by atoms with Gasteiger partial charge in [-0.3, -0.25) is 0 Å². The van der Waals surface area contributed by atoms with Gasteiger partial charge in [-0.1, -0.05) is 17.7 Å². The zero-order valence-corrected chi connectivity index (χ0v) is 11.8. The van der Waals surface area contributed by atoms with Gasteiger partial charge in [-0.05, 0) is 24.5 Å². The van der Waals surface area contributed by atoms with Gasteiger partial charge in [-0.15, -0.1) is 11.8 Å². The molecule has 0 radical (unpaired) electrons. The highest BCUT2D eigenvalue weighted by atomic mass is 35.5. The quantitative estimate of drug-likeness (QED) is 0.662.